The average molecular weight is 258 g/mol. The number of benzene rings is 1. The highest BCUT2D eigenvalue weighted by molar-refractivity contribution is 5.43. The Morgan fingerprint density at radius 1 is 1.11 bits per heavy atom. The summed E-state index contributed by atoms with van der Waals surface area (Å²) in [6.07, 6.45) is 0. The third-order valence-corrected chi connectivity index (χ3v) is 4.16. The molecule has 2 heteroatoms. The van der Waals surface area contributed by atoms with Gasteiger partial charge >= 0.3 is 0 Å². The molecule has 0 aliphatic heterocycles. The van der Waals surface area contributed by atoms with E-state index in [9.17, 15) is 0 Å². The monoisotopic (exact) mass is 258 g/mol. The van der Waals surface area contributed by atoms with Gasteiger partial charge in [-0.15, -0.1) is 0 Å². The molecule has 1 aromatic rings. The largest absolute Gasteiger partial charge is 0.311 e. The molecule has 0 heterocycles. The lowest BCUT2D eigenvalue weighted by Gasteiger charge is -2.18. The van der Waals surface area contributed by atoms with Gasteiger partial charge in [0.05, 0.1) is 12.0 Å². The molecule has 1 aromatic carbocycles. The second kappa shape index (κ2) is 6.73. The van der Waals surface area contributed by atoms with E-state index in [1.54, 1.807) is 0 Å². The van der Waals surface area contributed by atoms with Gasteiger partial charge in [0, 0.05) is 13.1 Å². The maximum Gasteiger partial charge on any atom is 0.0671 e. The summed E-state index contributed by atoms with van der Waals surface area (Å²) >= 11 is 0. The van der Waals surface area contributed by atoms with Crippen LogP contribution in [0.5, 0.6) is 0 Å². The van der Waals surface area contributed by atoms with E-state index in [1.807, 2.05) is 0 Å². The molecular formula is C17H26N2. The number of nitriles is 1. The summed E-state index contributed by atoms with van der Waals surface area (Å²) in [7, 11) is 0. The highest BCUT2D eigenvalue weighted by atomic mass is 14.9. The zero-order valence-corrected chi connectivity index (χ0v) is 13.1. The lowest BCUT2D eigenvalue weighted by Crippen LogP contribution is -2.25. The number of hydrogen-bond acceptors (Lipinski definition) is 2. The molecule has 19 heavy (non-hydrogen) atoms. The Balaban J connectivity index is 2.77. The second-order valence-electron chi connectivity index (χ2n) is 5.85. The van der Waals surface area contributed by atoms with Gasteiger partial charge in [-0.25, -0.2) is 0 Å². The Labute approximate surface area is 117 Å². The predicted octanol–water partition coefficient (Wildman–Crippen LogP) is 3.81. The Hall–Kier alpha value is -1.33. The summed E-state index contributed by atoms with van der Waals surface area (Å²) in [6, 6.07) is 4.63. The van der Waals surface area contributed by atoms with Gasteiger partial charge in [-0.3, -0.25) is 0 Å². The van der Waals surface area contributed by atoms with Crippen molar-refractivity contribution >= 4 is 0 Å². The maximum atomic E-state index is 9.10. The number of nitrogens with zero attached hydrogens (tertiary/aromatic N) is 1. The Morgan fingerprint density at radius 2 is 1.63 bits per heavy atom. The molecule has 2 nitrogen and oxygen atoms in total. The van der Waals surface area contributed by atoms with Gasteiger partial charge in [-0.05, 0) is 61.4 Å². The van der Waals surface area contributed by atoms with Crippen molar-refractivity contribution in [2.24, 2.45) is 11.8 Å². The molecule has 1 atom stereocenters. The molecule has 0 bridgehead atoms. The van der Waals surface area contributed by atoms with Gasteiger partial charge in [-0.1, -0.05) is 19.9 Å². The minimum absolute atomic E-state index is 0.0894. The van der Waals surface area contributed by atoms with Crippen molar-refractivity contribution in [2.75, 3.05) is 6.54 Å². The minimum atomic E-state index is 0.0894. The highest BCUT2D eigenvalue weighted by Gasteiger charge is 2.13. The first kappa shape index (κ1) is 15.7. The van der Waals surface area contributed by atoms with Gasteiger partial charge in [-0.2, -0.15) is 5.26 Å². The van der Waals surface area contributed by atoms with Crippen LogP contribution in [-0.4, -0.2) is 6.54 Å². The van der Waals surface area contributed by atoms with Crippen LogP contribution in [0.3, 0.4) is 0 Å². The normalized spacial score (nSPS) is 12.5. The first-order valence-electron chi connectivity index (χ1n) is 7.05. The molecule has 104 valence electrons. The zero-order valence-electron chi connectivity index (χ0n) is 13.1. The smallest absolute Gasteiger partial charge is 0.0671 e. The van der Waals surface area contributed by atoms with E-state index < -0.39 is 0 Å². The molecule has 1 rings (SSSR count). The van der Waals surface area contributed by atoms with Crippen LogP contribution in [0.15, 0.2) is 6.07 Å². The first-order valence-corrected chi connectivity index (χ1v) is 7.05. The van der Waals surface area contributed by atoms with E-state index in [-0.39, 0.29) is 5.92 Å². The molecule has 0 radical (unpaired) electrons. The third-order valence-electron chi connectivity index (χ3n) is 4.16. The van der Waals surface area contributed by atoms with E-state index in [0.29, 0.717) is 5.92 Å². The zero-order chi connectivity index (χ0) is 14.6. The fourth-order valence-corrected chi connectivity index (χ4v) is 2.35. The average Bonchev–Trinajstić information content (AvgIpc) is 2.35. The van der Waals surface area contributed by atoms with E-state index in [4.69, 9.17) is 5.26 Å². The third kappa shape index (κ3) is 3.81. The topological polar surface area (TPSA) is 35.8 Å². The highest BCUT2D eigenvalue weighted by Crippen LogP contribution is 2.21. The molecule has 0 saturated heterocycles. The maximum absolute atomic E-state index is 9.10. The van der Waals surface area contributed by atoms with Crippen molar-refractivity contribution < 1.29 is 0 Å². The molecule has 0 fully saturated rings. The number of hydrogen-bond donors (Lipinski definition) is 1. The van der Waals surface area contributed by atoms with Gasteiger partial charge in [0.1, 0.15) is 0 Å². The van der Waals surface area contributed by atoms with Crippen LogP contribution in [0.2, 0.25) is 0 Å². The standard InChI is InChI=1S/C17H26N2/c1-11(2)16(8-18)9-19-10-17-14(5)12(3)7-13(4)15(17)6/h7,11,16,19H,9-10H2,1-6H3. The van der Waals surface area contributed by atoms with E-state index in [1.165, 1.54) is 27.8 Å². The summed E-state index contributed by atoms with van der Waals surface area (Å²) in [4.78, 5) is 0. The first-order chi connectivity index (χ1) is 8.88. The van der Waals surface area contributed by atoms with Crippen molar-refractivity contribution in [3.63, 3.8) is 0 Å². The van der Waals surface area contributed by atoms with Gasteiger partial charge in [0.25, 0.3) is 0 Å². The predicted molar refractivity (Wildman–Crippen MR) is 81.0 cm³/mol. The van der Waals surface area contributed by atoms with Crippen LogP contribution in [0.4, 0.5) is 0 Å². The Morgan fingerprint density at radius 3 is 2.05 bits per heavy atom. The van der Waals surface area contributed by atoms with Crippen LogP contribution in [-0.2, 0) is 6.54 Å². The van der Waals surface area contributed by atoms with E-state index >= 15 is 0 Å². The minimum Gasteiger partial charge on any atom is -0.311 e. The number of aryl methyl sites for hydroxylation is 2. The van der Waals surface area contributed by atoms with E-state index in [2.05, 4.69) is 59.0 Å². The molecular weight excluding hydrogens is 232 g/mol. The second-order valence-corrected chi connectivity index (χ2v) is 5.85. The quantitative estimate of drug-likeness (QED) is 0.872. The van der Waals surface area contributed by atoms with Crippen LogP contribution in [0.1, 0.15) is 41.7 Å². The summed E-state index contributed by atoms with van der Waals surface area (Å²) < 4.78 is 0. The van der Waals surface area contributed by atoms with Crippen LogP contribution < -0.4 is 5.32 Å². The molecule has 0 aromatic heterocycles. The summed E-state index contributed by atoms with van der Waals surface area (Å²) in [5.41, 5.74) is 6.82. The fraction of sp³-hybridized carbons (Fsp3) is 0.588. The van der Waals surface area contributed by atoms with Crippen molar-refractivity contribution in [1.82, 2.24) is 5.32 Å². The van der Waals surface area contributed by atoms with E-state index in [0.717, 1.165) is 13.1 Å². The van der Waals surface area contributed by atoms with Crippen molar-refractivity contribution in [1.29, 1.82) is 5.26 Å². The molecule has 0 aliphatic rings. The van der Waals surface area contributed by atoms with Crippen LogP contribution in [0.25, 0.3) is 0 Å². The molecule has 1 unspecified atom stereocenters. The molecule has 0 saturated carbocycles. The lowest BCUT2D eigenvalue weighted by atomic mass is 9.93. The summed E-state index contributed by atoms with van der Waals surface area (Å²) in [6.45, 7) is 14.5. The lowest BCUT2D eigenvalue weighted by molar-refractivity contribution is 0.441. The summed E-state index contributed by atoms with van der Waals surface area (Å²) in [5, 5.41) is 12.5. The van der Waals surface area contributed by atoms with Crippen molar-refractivity contribution in [3.8, 4) is 6.07 Å². The molecule has 0 aliphatic carbocycles. The molecule has 0 spiro atoms. The number of rotatable bonds is 5. The van der Waals surface area contributed by atoms with Crippen LogP contribution in [0, 0.1) is 50.9 Å². The molecule has 1 N–H and O–H groups in total. The fourth-order valence-electron chi connectivity index (χ4n) is 2.35. The van der Waals surface area contributed by atoms with Crippen LogP contribution >= 0.6 is 0 Å². The molecule has 0 amide bonds. The van der Waals surface area contributed by atoms with Gasteiger partial charge in [0.15, 0.2) is 0 Å². The van der Waals surface area contributed by atoms with Crippen molar-refractivity contribution in [2.45, 2.75) is 48.1 Å². The van der Waals surface area contributed by atoms with Gasteiger partial charge < -0.3 is 5.32 Å². The Bertz CT molecular complexity index is 455. The summed E-state index contributed by atoms with van der Waals surface area (Å²) in [5.74, 6) is 0.491. The number of nitrogens with one attached hydrogen (secondary N) is 1. The SMILES string of the molecule is Cc1cc(C)c(C)c(CNCC(C#N)C(C)C)c1C. The van der Waals surface area contributed by atoms with Crippen molar-refractivity contribution in [3.05, 3.63) is 33.9 Å². The van der Waals surface area contributed by atoms with Gasteiger partial charge in [0.2, 0.25) is 0 Å². The Kier molecular flexibility index (Phi) is 5.57.